The van der Waals surface area contributed by atoms with E-state index in [1.54, 1.807) is 7.05 Å². The van der Waals surface area contributed by atoms with Crippen molar-refractivity contribution in [3.05, 3.63) is 0 Å². The van der Waals surface area contributed by atoms with Crippen LogP contribution >= 0.6 is 0 Å². The van der Waals surface area contributed by atoms with Gasteiger partial charge in [-0.1, -0.05) is 0 Å². The fourth-order valence-electron chi connectivity index (χ4n) is 1.83. The van der Waals surface area contributed by atoms with Gasteiger partial charge in [-0.3, -0.25) is 0 Å². The topological polar surface area (TPSA) is 58.6 Å². The Morgan fingerprint density at radius 2 is 2.00 bits per heavy atom. The Morgan fingerprint density at radius 1 is 1.38 bits per heavy atom. The van der Waals surface area contributed by atoms with Crippen molar-refractivity contribution in [3.8, 4) is 0 Å². The average Bonchev–Trinajstić information content (AvgIpc) is 2.30. The highest BCUT2D eigenvalue weighted by Gasteiger charge is 2.30. The summed E-state index contributed by atoms with van der Waals surface area (Å²) in [5.74, 6) is 0. The zero-order valence-corrected chi connectivity index (χ0v) is 10.9. The van der Waals surface area contributed by atoms with Crippen molar-refractivity contribution in [1.29, 1.82) is 0 Å². The molecule has 0 bridgehead atoms. The summed E-state index contributed by atoms with van der Waals surface area (Å²) in [6, 6.07) is 0. The molecule has 0 radical (unpaired) electrons. The monoisotopic (exact) mass is 250 g/mol. The van der Waals surface area contributed by atoms with Crippen LogP contribution in [0.4, 0.5) is 0 Å². The fourth-order valence-corrected chi connectivity index (χ4v) is 3.51. The summed E-state index contributed by atoms with van der Waals surface area (Å²) in [5.41, 5.74) is 0. The van der Waals surface area contributed by atoms with Crippen molar-refractivity contribution in [3.63, 3.8) is 0 Å². The van der Waals surface area contributed by atoms with Crippen molar-refractivity contribution < 1.29 is 13.2 Å². The largest absolute Gasteiger partial charge is 0.381 e. The molecule has 0 unspecified atom stereocenters. The molecule has 1 aliphatic heterocycles. The van der Waals surface area contributed by atoms with Gasteiger partial charge in [0.05, 0.1) is 5.25 Å². The quantitative estimate of drug-likeness (QED) is 0.676. The van der Waals surface area contributed by atoms with E-state index in [0.29, 0.717) is 32.6 Å². The third kappa shape index (κ3) is 3.69. The van der Waals surface area contributed by atoms with Crippen LogP contribution in [0.25, 0.3) is 0 Å². The van der Waals surface area contributed by atoms with E-state index in [1.807, 2.05) is 7.05 Å². The molecule has 0 saturated carbocycles. The minimum atomic E-state index is -3.12. The lowest BCUT2D eigenvalue weighted by Gasteiger charge is -2.27. The van der Waals surface area contributed by atoms with Gasteiger partial charge in [0.15, 0.2) is 0 Å². The summed E-state index contributed by atoms with van der Waals surface area (Å²) < 4.78 is 30.9. The van der Waals surface area contributed by atoms with Crippen LogP contribution in [-0.4, -0.2) is 58.4 Å². The molecular formula is C10H22N2O3S. The van der Waals surface area contributed by atoms with Crippen LogP contribution in [0.1, 0.15) is 19.3 Å². The lowest BCUT2D eigenvalue weighted by Crippen LogP contribution is -2.40. The van der Waals surface area contributed by atoms with Crippen LogP contribution in [0.5, 0.6) is 0 Å². The maximum absolute atomic E-state index is 12.1. The summed E-state index contributed by atoms with van der Waals surface area (Å²) in [4.78, 5) is 0. The molecule has 1 rings (SSSR count). The molecule has 0 aromatic heterocycles. The number of hydrogen-bond acceptors (Lipinski definition) is 4. The zero-order valence-electron chi connectivity index (χ0n) is 10.1. The predicted octanol–water partition coefficient (Wildman–Crippen LogP) is 0.0365. The number of ether oxygens (including phenoxy) is 1. The van der Waals surface area contributed by atoms with Crippen molar-refractivity contribution >= 4 is 10.0 Å². The van der Waals surface area contributed by atoms with Crippen LogP contribution in [0.2, 0.25) is 0 Å². The van der Waals surface area contributed by atoms with Gasteiger partial charge in [0, 0.05) is 26.8 Å². The van der Waals surface area contributed by atoms with Crippen LogP contribution < -0.4 is 5.32 Å². The molecule has 0 atom stereocenters. The third-order valence-corrected chi connectivity index (χ3v) is 5.29. The summed E-state index contributed by atoms with van der Waals surface area (Å²) in [7, 11) is 0.418. The van der Waals surface area contributed by atoms with E-state index < -0.39 is 10.0 Å². The van der Waals surface area contributed by atoms with Crippen LogP contribution in [-0.2, 0) is 14.8 Å². The molecule has 6 heteroatoms. The second-order valence-corrected chi connectivity index (χ2v) is 6.46. The van der Waals surface area contributed by atoms with E-state index in [1.165, 1.54) is 4.31 Å². The summed E-state index contributed by atoms with van der Waals surface area (Å²) in [6.45, 7) is 2.55. The molecular weight excluding hydrogens is 228 g/mol. The molecule has 0 aromatic rings. The smallest absolute Gasteiger partial charge is 0.216 e. The summed E-state index contributed by atoms with van der Waals surface area (Å²) in [6.07, 6.45) is 2.09. The third-order valence-electron chi connectivity index (χ3n) is 2.92. The van der Waals surface area contributed by atoms with Crippen molar-refractivity contribution in [1.82, 2.24) is 9.62 Å². The van der Waals surface area contributed by atoms with Crippen molar-refractivity contribution in [2.45, 2.75) is 24.5 Å². The maximum atomic E-state index is 12.1. The molecule has 5 nitrogen and oxygen atoms in total. The number of hydrogen-bond donors (Lipinski definition) is 1. The Kier molecular flexibility index (Phi) is 5.68. The fraction of sp³-hybridized carbons (Fsp3) is 1.00. The number of rotatable bonds is 6. The van der Waals surface area contributed by atoms with Crippen LogP contribution in [0, 0.1) is 0 Å². The average molecular weight is 250 g/mol. The SMILES string of the molecule is CNCCCN(C)S(=O)(=O)C1CCOCC1. The predicted molar refractivity (Wildman–Crippen MR) is 63.9 cm³/mol. The first-order valence-electron chi connectivity index (χ1n) is 5.76. The van der Waals surface area contributed by atoms with Crippen molar-refractivity contribution in [2.75, 3.05) is 40.4 Å². The molecule has 96 valence electrons. The van der Waals surface area contributed by atoms with E-state index in [0.717, 1.165) is 13.0 Å². The molecule has 1 fully saturated rings. The molecule has 1 N–H and O–H groups in total. The highest BCUT2D eigenvalue weighted by atomic mass is 32.2. The lowest BCUT2D eigenvalue weighted by atomic mass is 10.2. The van der Waals surface area contributed by atoms with E-state index in [4.69, 9.17) is 4.74 Å². The molecule has 0 aromatic carbocycles. The molecule has 1 saturated heterocycles. The first-order valence-corrected chi connectivity index (χ1v) is 7.27. The highest BCUT2D eigenvalue weighted by molar-refractivity contribution is 7.89. The van der Waals surface area contributed by atoms with Crippen LogP contribution in [0.3, 0.4) is 0 Å². The van der Waals surface area contributed by atoms with Gasteiger partial charge in [0.25, 0.3) is 0 Å². The molecule has 0 amide bonds. The van der Waals surface area contributed by atoms with E-state index in [2.05, 4.69) is 5.32 Å². The van der Waals surface area contributed by atoms with Gasteiger partial charge >= 0.3 is 0 Å². The molecule has 1 heterocycles. The first kappa shape index (κ1) is 13.9. The number of nitrogens with zero attached hydrogens (tertiary/aromatic N) is 1. The second kappa shape index (κ2) is 6.54. The van der Waals surface area contributed by atoms with Gasteiger partial charge in [-0.05, 0) is 32.9 Å². The Labute approximate surface area is 98.2 Å². The number of nitrogens with one attached hydrogen (secondary N) is 1. The summed E-state index contributed by atoms with van der Waals surface area (Å²) >= 11 is 0. The normalized spacial score (nSPS) is 19.2. The summed E-state index contributed by atoms with van der Waals surface area (Å²) in [5, 5.41) is 2.76. The molecule has 0 aliphatic carbocycles. The van der Waals surface area contributed by atoms with Crippen LogP contribution in [0.15, 0.2) is 0 Å². The van der Waals surface area contributed by atoms with Gasteiger partial charge in [0.1, 0.15) is 0 Å². The highest BCUT2D eigenvalue weighted by Crippen LogP contribution is 2.18. The van der Waals surface area contributed by atoms with Gasteiger partial charge in [-0.2, -0.15) is 0 Å². The van der Waals surface area contributed by atoms with E-state index in [-0.39, 0.29) is 5.25 Å². The lowest BCUT2D eigenvalue weighted by molar-refractivity contribution is 0.0974. The van der Waals surface area contributed by atoms with Gasteiger partial charge < -0.3 is 10.1 Å². The Bertz CT molecular complexity index is 286. The Hall–Kier alpha value is -0.170. The number of sulfonamides is 1. The first-order chi connectivity index (χ1) is 7.59. The molecule has 16 heavy (non-hydrogen) atoms. The van der Waals surface area contributed by atoms with E-state index in [9.17, 15) is 8.42 Å². The minimum absolute atomic E-state index is 0.249. The Balaban J connectivity index is 2.47. The van der Waals surface area contributed by atoms with Gasteiger partial charge in [0.2, 0.25) is 10.0 Å². The standard InChI is InChI=1S/C10H22N2O3S/c1-11-6-3-7-12(2)16(13,14)10-4-8-15-9-5-10/h10-11H,3-9H2,1-2H3. The van der Waals surface area contributed by atoms with E-state index >= 15 is 0 Å². The van der Waals surface area contributed by atoms with Gasteiger partial charge in [-0.25, -0.2) is 12.7 Å². The zero-order chi connectivity index (χ0) is 12.0. The minimum Gasteiger partial charge on any atom is -0.381 e. The molecule has 1 aliphatic rings. The van der Waals surface area contributed by atoms with Crippen molar-refractivity contribution in [2.24, 2.45) is 0 Å². The van der Waals surface area contributed by atoms with Gasteiger partial charge in [-0.15, -0.1) is 0 Å². The maximum Gasteiger partial charge on any atom is 0.216 e. The second-order valence-electron chi connectivity index (χ2n) is 4.14. The Morgan fingerprint density at radius 3 is 2.56 bits per heavy atom. The molecule has 0 spiro atoms.